The van der Waals surface area contributed by atoms with Crippen molar-refractivity contribution in [3.8, 4) is 11.5 Å². The van der Waals surface area contributed by atoms with Crippen LogP contribution >= 0.6 is 0 Å². The predicted octanol–water partition coefficient (Wildman–Crippen LogP) is 3.31. The van der Waals surface area contributed by atoms with Crippen molar-refractivity contribution in [1.29, 1.82) is 0 Å². The highest BCUT2D eigenvalue weighted by molar-refractivity contribution is 6.18. The molecule has 1 N–H and O–H groups in total. The monoisotopic (exact) mass is 365 g/mol. The number of hydrogen-bond donors (Lipinski definition) is 1. The summed E-state index contributed by atoms with van der Waals surface area (Å²) >= 11 is 0. The highest BCUT2D eigenvalue weighted by atomic mass is 16.5. The van der Waals surface area contributed by atoms with E-state index in [0.29, 0.717) is 47.2 Å². The van der Waals surface area contributed by atoms with Gasteiger partial charge in [0.1, 0.15) is 17.3 Å². The van der Waals surface area contributed by atoms with Crippen molar-refractivity contribution in [3.63, 3.8) is 0 Å². The second kappa shape index (κ2) is 8.27. The summed E-state index contributed by atoms with van der Waals surface area (Å²) in [5, 5.41) is 2.71. The van der Waals surface area contributed by atoms with Gasteiger partial charge >= 0.3 is 5.97 Å². The summed E-state index contributed by atoms with van der Waals surface area (Å²) in [5.74, 6) is 0.696. The molecule has 3 rings (SSSR count). The second-order valence-corrected chi connectivity index (χ2v) is 5.74. The summed E-state index contributed by atoms with van der Waals surface area (Å²) in [6.07, 6.45) is 4.80. The van der Waals surface area contributed by atoms with Crippen molar-refractivity contribution in [2.24, 2.45) is 4.99 Å². The average Bonchev–Trinajstić information content (AvgIpc) is 3.19. The molecule has 1 aromatic heterocycles. The normalized spacial score (nSPS) is 12.4. The van der Waals surface area contributed by atoms with Crippen LogP contribution in [0.15, 0.2) is 53.2 Å². The van der Waals surface area contributed by atoms with Gasteiger partial charge in [-0.3, -0.25) is 9.79 Å². The first-order chi connectivity index (χ1) is 13.1. The maximum Gasteiger partial charge on any atom is 0.338 e. The number of nitrogens with zero attached hydrogens (tertiary/aromatic N) is 2. The molecule has 7 nitrogen and oxygen atoms in total. The summed E-state index contributed by atoms with van der Waals surface area (Å²) < 4.78 is 10.9. The number of hydrogen-bond acceptors (Lipinski definition) is 6. The SMILES string of the molecule is CCOC(=O)c1cccc(Oc2ccnc(NC(=O)C3=CCN=C3)c2)c1C. The Morgan fingerprint density at radius 1 is 1.26 bits per heavy atom. The third kappa shape index (κ3) is 4.38. The molecule has 0 saturated heterocycles. The molecule has 1 aromatic carbocycles. The van der Waals surface area contributed by atoms with E-state index in [0.717, 1.165) is 0 Å². The summed E-state index contributed by atoms with van der Waals surface area (Å²) in [7, 11) is 0. The number of nitrogens with one attached hydrogen (secondary N) is 1. The number of carbonyl (C=O) groups is 2. The van der Waals surface area contributed by atoms with Crippen LogP contribution < -0.4 is 10.1 Å². The molecule has 0 atom stereocenters. The first-order valence-electron chi connectivity index (χ1n) is 8.50. The average molecular weight is 365 g/mol. The molecule has 1 amide bonds. The Kier molecular flexibility index (Phi) is 5.61. The number of aliphatic imine (C=N–C) groups is 1. The van der Waals surface area contributed by atoms with Crippen LogP contribution in [0.2, 0.25) is 0 Å². The van der Waals surface area contributed by atoms with Gasteiger partial charge in [0, 0.05) is 24.0 Å². The minimum Gasteiger partial charge on any atom is -0.462 e. The van der Waals surface area contributed by atoms with Gasteiger partial charge in [0.2, 0.25) is 0 Å². The Morgan fingerprint density at radius 3 is 2.85 bits per heavy atom. The van der Waals surface area contributed by atoms with E-state index in [9.17, 15) is 9.59 Å². The van der Waals surface area contributed by atoms with E-state index in [1.165, 1.54) is 12.4 Å². The minimum atomic E-state index is -0.394. The maximum atomic E-state index is 12.1. The molecule has 0 fully saturated rings. The number of amides is 1. The fourth-order valence-corrected chi connectivity index (χ4v) is 2.52. The van der Waals surface area contributed by atoms with Crippen LogP contribution in [-0.4, -0.2) is 36.2 Å². The number of pyridine rings is 1. The number of ether oxygens (including phenoxy) is 2. The Hall–Kier alpha value is -3.48. The summed E-state index contributed by atoms with van der Waals surface area (Å²) in [6.45, 7) is 4.36. The Morgan fingerprint density at radius 2 is 2.11 bits per heavy atom. The molecule has 138 valence electrons. The molecule has 0 radical (unpaired) electrons. The quantitative estimate of drug-likeness (QED) is 0.793. The third-order valence-electron chi connectivity index (χ3n) is 3.89. The van der Waals surface area contributed by atoms with Crippen molar-refractivity contribution in [2.75, 3.05) is 18.5 Å². The lowest BCUT2D eigenvalue weighted by atomic mass is 10.1. The maximum absolute atomic E-state index is 12.1. The lowest BCUT2D eigenvalue weighted by molar-refractivity contribution is -0.112. The van der Waals surface area contributed by atoms with Crippen LogP contribution in [0.4, 0.5) is 5.82 Å². The van der Waals surface area contributed by atoms with E-state index in [4.69, 9.17) is 9.47 Å². The van der Waals surface area contributed by atoms with E-state index >= 15 is 0 Å². The summed E-state index contributed by atoms with van der Waals surface area (Å²) in [4.78, 5) is 32.2. The molecule has 0 unspecified atom stereocenters. The van der Waals surface area contributed by atoms with Gasteiger partial charge in [-0.2, -0.15) is 0 Å². The molecule has 0 spiro atoms. The standard InChI is InChI=1S/C20H19N3O4/c1-3-26-20(25)16-5-4-6-17(13(16)2)27-15-8-10-22-18(11-15)23-19(24)14-7-9-21-12-14/h4-8,10-12H,3,9H2,1-2H3,(H,22,23,24). The zero-order chi connectivity index (χ0) is 19.2. The molecule has 0 bridgehead atoms. The molecule has 0 saturated carbocycles. The number of aromatic nitrogens is 1. The lowest BCUT2D eigenvalue weighted by Crippen LogP contribution is -2.15. The minimum absolute atomic E-state index is 0.276. The van der Waals surface area contributed by atoms with E-state index in [1.807, 2.05) is 0 Å². The first-order valence-corrected chi connectivity index (χ1v) is 8.50. The van der Waals surface area contributed by atoms with Gasteiger partial charge in [0.25, 0.3) is 5.91 Å². The number of anilines is 1. The molecule has 27 heavy (non-hydrogen) atoms. The Bertz CT molecular complexity index is 935. The van der Waals surface area contributed by atoms with E-state index in [1.54, 1.807) is 50.3 Å². The molecule has 1 aliphatic heterocycles. The van der Waals surface area contributed by atoms with Gasteiger partial charge < -0.3 is 14.8 Å². The highest BCUT2D eigenvalue weighted by Crippen LogP contribution is 2.28. The fraction of sp³-hybridized carbons (Fsp3) is 0.200. The van der Waals surface area contributed by atoms with E-state index in [-0.39, 0.29) is 5.91 Å². The lowest BCUT2D eigenvalue weighted by Gasteiger charge is -2.12. The molecule has 2 aromatic rings. The van der Waals surface area contributed by atoms with Crippen molar-refractivity contribution < 1.29 is 19.1 Å². The molecule has 0 aliphatic carbocycles. The van der Waals surface area contributed by atoms with Crippen LogP contribution in [0.3, 0.4) is 0 Å². The van der Waals surface area contributed by atoms with Crippen molar-refractivity contribution in [3.05, 3.63) is 59.3 Å². The molecule has 2 heterocycles. The molecular formula is C20H19N3O4. The summed E-state index contributed by atoms with van der Waals surface area (Å²) in [5.41, 5.74) is 1.62. The molecule has 7 heteroatoms. The smallest absolute Gasteiger partial charge is 0.338 e. The van der Waals surface area contributed by atoms with Crippen LogP contribution in [0.1, 0.15) is 22.8 Å². The number of rotatable bonds is 6. The van der Waals surface area contributed by atoms with Crippen LogP contribution in [-0.2, 0) is 9.53 Å². The van der Waals surface area contributed by atoms with Crippen LogP contribution in [0.5, 0.6) is 11.5 Å². The van der Waals surface area contributed by atoms with Crippen molar-refractivity contribution in [1.82, 2.24) is 4.98 Å². The number of benzene rings is 1. The first kappa shape index (κ1) is 18.3. The fourth-order valence-electron chi connectivity index (χ4n) is 2.52. The molecule has 1 aliphatic rings. The zero-order valence-corrected chi connectivity index (χ0v) is 15.1. The van der Waals surface area contributed by atoms with Gasteiger partial charge in [-0.05, 0) is 38.1 Å². The van der Waals surface area contributed by atoms with Gasteiger partial charge in [-0.15, -0.1) is 0 Å². The summed E-state index contributed by atoms with van der Waals surface area (Å²) in [6, 6.07) is 8.46. The highest BCUT2D eigenvalue weighted by Gasteiger charge is 2.15. The zero-order valence-electron chi connectivity index (χ0n) is 15.1. The molecular weight excluding hydrogens is 346 g/mol. The van der Waals surface area contributed by atoms with E-state index < -0.39 is 5.97 Å². The topological polar surface area (TPSA) is 89.9 Å². The Balaban J connectivity index is 1.76. The number of esters is 1. The van der Waals surface area contributed by atoms with Crippen molar-refractivity contribution in [2.45, 2.75) is 13.8 Å². The van der Waals surface area contributed by atoms with E-state index in [2.05, 4.69) is 15.3 Å². The largest absolute Gasteiger partial charge is 0.462 e. The van der Waals surface area contributed by atoms with Crippen molar-refractivity contribution >= 4 is 23.9 Å². The number of carbonyl (C=O) groups excluding carboxylic acids is 2. The van der Waals surface area contributed by atoms with Gasteiger partial charge in [-0.25, -0.2) is 9.78 Å². The predicted molar refractivity (Wildman–Crippen MR) is 102 cm³/mol. The van der Waals surface area contributed by atoms with Crippen LogP contribution in [0, 0.1) is 6.92 Å². The Labute approximate surface area is 156 Å². The third-order valence-corrected chi connectivity index (χ3v) is 3.89. The van der Waals surface area contributed by atoms with Gasteiger partial charge in [-0.1, -0.05) is 6.07 Å². The van der Waals surface area contributed by atoms with Gasteiger partial charge in [0.15, 0.2) is 0 Å². The van der Waals surface area contributed by atoms with Gasteiger partial charge in [0.05, 0.1) is 24.3 Å². The van der Waals surface area contributed by atoms with Crippen LogP contribution in [0.25, 0.3) is 0 Å². The second-order valence-electron chi connectivity index (χ2n) is 5.74.